The summed E-state index contributed by atoms with van der Waals surface area (Å²) in [6, 6.07) is 0. The summed E-state index contributed by atoms with van der Waals surface area (Å²) < 4.78 is 0. The molecule has 0 amide bonds. The SMILES string of the molecule is CC1=CCC(C)CCCCCC1. The first-order valence-corrected chi connectivity index (χ1v) is 5.44. The minimum atomic E-state index is 0.915. The topological polar surface area (TPSA) is 0 Å². The second kappa shape index (κ2) is 5.40. The fourth-order valence-electron chi connectivity index (χ4n) is 1.87. The molecule has 0 nitrogen and oxygen atoms in total. The van der Waals surface area contributed by atoms with Crippen LogP contribution in [-0.4, -0.2) is 0 Å². The summed E-state index contributed by atoms with van der Waals surface area (Å²) in [6.45, 7) is 4.67. The van der Waals surface area contributed by atoms with Crippen molar-refractivity contribution in [3.05, 3.63) is 11.6 Å². The number of hydrogen-bond donors (Lipinski definition) is 0. The quantitative estimate of drug-likeness (QED) is 0.470. The van der Waals surface area contributed by atoms with Gasteiger partial charge in [0.2, 0.25) is 0 Å². The Bertz CT molecular complexity index is 144. The molecule has 0 spiro atoms. The lowest BCUT2D eigenvalue weighted by atomic mass is 9.95. The molecule has 0 radical (unpaired) electrons. The van der Waals surface area contributed by atoms with Crippen molar-refractivity contribution in [3.8, 4) is 0 Å². The molecule has 0 fully saturated rings. The van der Waals surface area contributed by atoms with Crippen LogP contribution in [0.25, 0.3) is 0 Å². The third kappa shape index (κ3) is 3.94. The van der Waals surface area contributed by atoms with Gasteiger partial charge in [-0.1, -0.05) is 44.3 Å². The van der Waals surface area contributed by atoms with Gasteiger partial charge >= 0.3 is 0 Å². The molecule has 0 bridgehead atoms. The zero-order chi connectivity index (χ0) is 8.81. The molecule has 1 aliphatic rings. The van der Waals surface area contributed by atoms with Crippen molar-refractivity contribution in [2.75, 3.05) is 0 Å². The molecule has 0 aromatic rings. The van der Waals surface area contributed by atoms with Gasteiger partial charge in [0.25, 0.3) is 0 Å². The highest BCUT2D eigenvalue weighted by molar-refractivity contribution is 4.98. The average molecular weight is 166 g/mol. The maximum absolute atomic E-state index is 2.45. The van der Waals surface area contributed by atoms with Crippen molar-refractivity contribution in [2.45, 2.75) is 58.8 Å². The molecule has 0 aliphatic heterocycles. The van der Waals surface area contributed by atoms with Crippen LogP contribution in [0.5, 0.6) is 0 Å². The van der Waals surface area contributed by atoms with Crippen LogP contribution in [0, 0.1) is 5.92 Å². The summed E-state index contributed by atoms with van der Waals surface area (Å²) in [5.74, 6) is 0.915. The van der Waals surface area contributed by atoms with Gasteiger partial charge in [-0.2, -0.15) is 0 Å². The molecule has 1 aliphatic carbocycles. The lowest BCUT2D eigenvalue weighted by Crippen LogP contribution is -1.95. The van der Waals surface area contributed by atoms with Crippen molar-refractivity contribution in [2.24, 2.45) is 5.92 Å². The Labute approximate surface area is 77.1 Å². The Morgan fingerprint density at radius 1 is 1.17 bits per heavy atom. The summed E-state index contributed by atoms with van der Waals surface area (Å²) in [6.07, 6.45) is 12.3. The highest BCUT2D eigenvalue weighted by Gasteiger charge is 2.02. The van der Waals surface area contributed by atoms with Crippen LogP contribution in [0.1, 0.15) is 58.8 Å². The van der Waals surface area contributed by atoms with Gasteiger partial charge in [0.15, 0.2) is 0 Å². The molecule has 0 N–H and O–H groups in total. The van der Waals surface area contributed by atoms with E-state index in [4.69, 9.17) is 0 Å². The predicted octanol–water partition coefficient (Wildman–Crippen LogP) is 4.31. The second-order valence-corrected chi connectivity index (χ2v) is 4.34. The molecule has 1 unspecified atom stereocenters. The normalized spacial score (nSPS) is 27.8. The van der Waals surface area contributed by atoms with Crippen LogP contribution in [0.3, 0.4) is 0 Å². The Balaban J connectivity index is 2.38. The van der Waals surface area contributed by atoms with Gasteiger partial charge < -0.3 is 0 Å². The highest BCUT2D eigenvalue weighted by atomic mass is 14.1. The molecular weight excluding hydrogens is 144 g/mol. The van der Waals surface area contributed by atoms with Crippen molar-refractivity contribution in [3.63, 3.8) is 0 Å². The predicted molar refractivity (Wildman–Crippen MR) is 55.2 cm³/mol. The van der Waals surface area contributed by atoms with E-state index in [0.29, 0.717) is 0 Å². The Kier molecular flexibility index (Phi) is 4.42. The van der Waals surface area contributed by atoms with Gasteiger partial charge in [-0.25, -0.2) is 0 Å². The molecule has 0 aromatic carbocycles. The highest BCUT2D eigenvalue weighted by Crippen LogP contribution is 2.19. The van der Waals surface area contributed by atoms with Gasteiger partial charge in [-0.15, -0.1) is 0 Å². The molecule has 1 atom stereocenters. The van der Waals surface area contributed by atoms with Crippen molar-refractivity contribution in [1.82, 2.24) is 0 Å². The van der Waals surface area contributed by atoms with Crippen LogP contribution in [0.2, 0.25) is 0 Å². The van der Waals surface area contributed by atoms with E-state index in [1.165, 1.54) is 44.9 Å². The van der Waals surface area contributed by atoms with Crippen molar-refractivity contribution in [1.29, 1.82) is 0 Å². The summed E-state index contributed by atoms with van der Waals surface area (Å²) in [5.41, 5.74) is 1.61. The fraction of sp³-hybridized carbons (Fsp3) is 0.833. The molecule has 70 valence electrons. The van der Waals surface area contributed by atoms with Crippen LogP contribution < -0.4 is 0 Å². The minimum absolute atomic E-state index is 0.915. The van der Waals surface area contributed by atoms with Gasteiger partial charge in [0.05, 0.1) is 0 Å². The Morgan fingerprint density at radius 3 is 2.75 bits per heavy atom. The smallest absolute Gasteiger partial charge is 0.0322 e. The maximum Gasteiger partial charge on any atom is -0.0322 e. The standard InChI is InChI=1S/C12H22/c1-11-7-5-3-4-6-8-12(2)10-9-11/h9,12H,3-8,10H2,1-2H3. The zero-order valence-corrected chi connectivity index (χ0v) is 8.60. The molecule has 12 heavy (non-hydrogen) atoms. The monoisotopic (exact) mass is 166 g/mol. The molecule has 0 saturated carbocycles. The van der Waals surface area contributed by atoms with E-state index in [2.05, 4.69) is 19.9 Å². The van der Waals surface area contributed by atoms with Gasteiger partial charge in [0.1, 0.15) is 0 Å². The summed E-state index contributed by atoms with van der Waals surface area (Å²) in [4.78, 5) is 0. The summed E-state index contributed by atoms with van der Waals surface area (Å²) in [5, 5.41) is 0. The molecule has 0 heterocycles. The third-order valence-corrected chi connectivity index (χ3v) is 2.89. The van der Waals surface area contributed by atoms with Gasteiger partial charge in [-0.3, -0.25) is 0 Å². The number of hydrogen-bond acceptors (Lipinski definition) is 0. The van der Waals surface area contributed by atoms with Crippen LogP contribution in [0.4, 0.5) is 0 Å². The van der Waals surface area contributed by atoms with Gasteiger partial charge in [-0.05, 0) is 32.1 Å². The molecule has 1 rings (SSSR count). The Hall–Kier alpha value is -0.260. The lowest BCUT2D eigenvalue weighted by molar-refractivity contribution is 0.483. The van der Waals surface area contributed by atoms with E-state index in [-0.39, 0.29) is 0 Å². The molecule has 0 saturated heterocycles. The van der Waals surface area contributed by atoms with Crippen molar-refractivity contribution >= 4 is 0 Å². The Morgan fingerprint density at radius 2 is 1.92 bits per heavy atom. The molecular formula is C12H22. The lowest BCUT2D eigenvalue weighted by Gasteiger charge is -2.11. The van der Waals surface area contributed by atoms with E-state index < -0.39 is 0 Å². The summed E-state index contributed by atoms with van der Waals surface area (Å²) >= 11 is 0. The van der Waals surface area contributed by atoms with E-state index in [1.807, 2.05) is 0 Å². The average Bonchev–Trinajstić information content (AvgIpc) is 2.07. The van der Waals surface area contributed by atoms with Crippen LogP contribution in [0.15, 0.2) is 11.6 Å². The van der Waals surface area contributed by atoms with E-state index in [0.717, 1.165) is 5.92 Å². The first-order valence-electron chi connectivity index (χ1n) is 5.44. The van der Waals surface area contributed by atoms with Crippen LogP contribution >= 0.6 is 0 Å². The minimum Gasteiger partial charge on any atom is -0.0853 e. The summed E-state index contributed by atoms with van der Waals surface area (Å²) in [7, 11) is 0. The molecule has 0 heteroatoms. The van der Waals surface area contributed by atoms with E-state index >= 15 is 0 Å². The number of rotatable bonds is 0. The van der Waals surface area contributed by atoms with Gasteiger partial charge in [0, 0.05) is 0 Å². The fourth-order valence-corrected chi connectivity index (χ4v) is 1.87. The molecule has 0 aromatic heterocycles. The van der Waals surface area contributed by atoms with E-state index in [9.17, 15) is 0 Å². The maximum atomic E-state index is 2.45. The third-order valence-electron chi connectivity index (χ3n) is 2.89. The first kappa shape index (κ1) is 9.83. The largest absolute Gasteiger partial charge is 0.0853 e. The first-order chi connectivity index (χ1) is 5.79. The van der Waals surface area contributed by atoms with E-state index in [1.54, 1.807) is 5.57 Å². The zero-order valence-electron chi connectivity index (χ0n) is 8.60. The van der Waals surface area contributed by atoms with Crippen molar-refractivity contribution < 1.29 is 0 Å². The van der Waals surface area contributed by atoms with Crippen LogP contribution in [-0.2, 0) is 0 Å². The number of allylic oxidation sites excluding steroid dienone is 2. The second-order valence-electron chi connectivity index (χ2n) is 4.34.